The van der Waals surface area contributed by atoms with Crippen molar-refractivity contribution < 1.29 is 9.53 Å². The summed E-state index contributed by atoms with van der Waals surface area (Å²) in [6.07, 6.45) is 0.477. The molecule has 0 aromatic carbocycles. The molecule has 0 amide bonds. The first kappa shape index (κ1) is 13.5. The van der Waals surface area contributed by atoms with E-state index in [9.17, 15) is 4.79 Å². The van der Waals surface area contributed by atoms with Crippen LogP contribution in [0.25, 0.3) is 0 Å². The highest BCUT2D eigenvalue weighted by Crippen LogP contribution is 2.21. The van der Waals surface area contributed by atoms with Crippen molar-refractivity contribution >= 4 is 5.97 Å². The van der Waals surface area contributed by atoms with Crippen molar-refractivity contribution in [2.45, 2.75) is 32.7 Å². The maximum atomic E-state index is 11.5. The van der Waals surface area contributed by atoms with Gasteiger partial charge in [-0.15, -0.1) is 0 Å². The number of nitrogens with zero attached hydrogens (tertiary/aromatic N) is 2. The molecule has 0 spiro atoms. The van der Waals surface area contributed by atoms with Crippen LogP contribution in [-0.4, -0.2) is 61.1 Å². The number of rotatable bonds is 4. The molecule has 16 heavy (non-hydrogen) atoms. The number of carbonyl (C=O) groups is 1. The summed E-state index contributed by atoms with van der Waals surface area (Å²) in [5.41, 5.74) is -0.0898. The Morgan fingerprint density at radius 1 is 1.25 bits per heavy atom. The first-order valence-corrected chi connectivity index (χ1v) is 6.05. The molecule has 1 heterocycles. The summed E-state index contributed by atoms with van der Waals surface area (Å²) in [7, 11) is 2.13. The van der Waals surface area contributed by atoms with Crippen LogP contribution in [0.15, 0.2) is 0 Å². The number of hydrogen-bond acceptors (Lipinski definition) is 4. The average Bonchev–Trinajstić information content (AvgIpc) is 2.17. The Morgan fingerprint density at radius 2 is 1.81 bits per heavy atom. The maximum Gasteiger partial charge on any atom is 0.307 e. The van der Waals surface area contributed by atoms with Crippen LogP contribution in [0.2, 0.25) is 0 Å². The van der Waals surface area contributed by atoms with Crippen LogP contribution in [0.3, 0.4) is 0 Å². The summed E-state index contributed by atoms with van der Waals surface area (Å²) in [5, 5.41) is 0. The second-order valence-corrected chi connectivity index (χ2v) is 5.08. The Kier molecular flexibility index (Phi) is 4.74. The van der Waals surface area contributed by atoms with Crippen molar-refractivity contribution in [1.29, 1.82) is 0 Å². The predicted octanol–water partition coefficient (Wildman–Crippen LogP) is 0.966. The molecule has 0 aromatic heterocycles. The third-order valence-corrected chi connectivity index (χ3v) is 3.24. The highest BCUT2D eigenvalue weighted by molar-refractivity contribution is 5.70. The lowest BCUT2D eigenvalue weighted by Crippen LogP contribution is -2.54. The van der Waals surface area contributed by atoms with Gasteiger partial charge >= 0.3 is 5.97 Å². The van der Waals surface area contributed by atoms with Gasteiger partial charge in [0.05, 0.1) is 13.0 Å². The Bertz CT molecular complexity index is 233. The highest BCUT2D eigenvalue weighted by Gasteiger charge is 2.31. The van der Waals surface area contributed by atoms with Crippen LogP contribution in [-0.2, 0) is 9.53 Å². The first-order chi connectivity index (χ1) is 7.45. The topological polar surface area (TPSA) is 32.8 Å². The van der Waals surface area contributed by atoms with E-state index < -0.39 is 0 Å². The SMILES string of the molecule is CCOC(=O)CC(C)(C)N1CCN(C)CC1. The molecule has 0 aliphatic carbocycles. The molecule has 4 nitrogen and oxygen atoms in total. The molecule has 0 unspecified atom stereocenters. The molecule has 0 saturated carbocycles. The summed E-state index contributed by atoms with van der Waals surface area (Å²) >= 11 is 0. The van der Waals surface area contributed by atoms with E-state index in [1.54, 1.807) is 0 Å². The standard InChI is InChI=1S/C12H24N2O2/c1-5-16-11(15)10-12(2,3)14-8-6-13(4)7-9-14/h5-10H2,1-4H3. The second kappa shape index (κ2) is 5.64. The molecule has 4 heteroatoms. The molecule has 1 rings (SSSR count). The van der Waals surface area contributed by atoms with Crippen LogP contribution in [0, 0.1) is 0 Å². The molecular weight excluding hydrogens is 204 g/mol. The van der Waals surface area contributed by atoms with E-state index in [0.29, 0.717) is 13.0 Å². The van der Waals surface area contributed by atoms with Crippen molar-refractivity contribution in [2.75, 3.05) is 39.8 Å². The van der Waals surface area contributed by atoms with E-state index >= 15 is 0 Å². The molecule has 0 N–H and O–H groups in total. The fourth-order valence-corrected chi connectivity index (χ4v) is 2.09. The quantitative estimate of drug-likeness (QED) is 0.671. The number of likely N-dealkylation sites (N-methyl/N-ethyl adjacent to an activating group) is 1. The van der Waals surface area contributed by atoms with Crippen molar-refractivity contribution in [3.63, 3.8) is 0 Å². The molecule has 1 saturated heterocycles. The van der Waals surface area contributed by atoms with E-state index in [2.05, 4.69) is 30.7 Å². The van der Waals surface area contributed by atoms with E-state index in [4.69, 9.17) is 4.74 Å². The van der Waals surface area contributed by atoms with Gasteiger partial charge in [0.15, 0.2) is 0 Å². The van der Waals surface area contributed by atoms with Gasteiger partial charge in [0.25, 0.3) is 0 Å². The summed E-state index contributed by atoms with van der Waals surface area (Å²) in [4.78, 5) is 16.2. The van der Waals surface area contributed by atoms with Crippen molar-refractivity contribution in [2.24, 2.45) is 0 Å². The minimum atomic E-state index is -0.0913. The molecule has 0 bridgehead atoms. The molecule has 0 radical (unpaired) electrons. The highest BCUT2D eigenvalue weighted by atomic mass is 16.5. The fraction of sp³-hybridized carbons (Fsp3) is 0.917. The number of ether oxygens (including phenoxy) is 1. The van der Waals surface area contributed by atoms with E-state index in [1.807, 2.05) is 6.92 Å². The molecular formula is C12H24N2O2. The largest absolute Gasteiger partial charge is 0.466 e. The molecule has 1 aliphatic rings. The summed E-state index contributed by atoms with van der Waals surface area (Å²) < 4.78 is 5.01. The Hall–Kier alpha value is -0.610. The third-order valence-electron chi connectivity index (χ3n) is 3.24. The van der Waals surface area contributed by atoms with E-state index in [0.717, 1.165) is 26.2 Å². The van der Waals surface area contributed by atoms with Crippen LogP contribution < -0.4 is 0 Å². The Balaban J connectivity index is 2.46. The Labute approximate surface area is 98.5 Å². The van der Waals surface area contributed by atoms with Crippen LogP contribution >= 0.6 is 0 Å². The lowest BCUT2D eigenvalue weighted by molar-refractivity contribution is -0.146. The minimum Gasteiger partial charge on any atom is -0.466 e. The van der Waals surface area contributed by atoms with Gasteiger partial charge in [0.1, 0.15) is 0 Å². The van der Waals surface area contributed by atoms with E-state index in [1.165, 1.54) is 0 Å². The average molecular weight is 228 g/mol. The molecule has 0 aromatic rings. The van der Waals surface area contributed by atoms with Gasteiger partial charge in [-0.05, 0) is 27.8 Å². The van der Waals surface area contributed by atoms with Crippen LogP contribution in [0.5, 0.6) is 0 Å². The van der Waals surface area contributed by atoms with Gasteiger partial charge in [-0.2, -0.15) is 0 Å². The van der Waals surface area contributed by atoms with Gasteiger partial charge in [-0.25, -0.2) is 0 Å². The second-order valence-electron chi connectivity index (χ2n) is 5.08. The number of piperazine rings is 1. The molecule has 1 aliphatic heterocycles. The smallest absolute Gasteiger partial charge is 0.307 e. The molecule has 94 valence electrons. The summed E-state index contributed by atoms with van der Waals surface area (Å²) in [5.74, 6) is -0.0913. The maximum absolute atomic E-state index is 11.5. The van der Waals surface area contributed by atoms with Crippen molar-refractivity contribution in [3.8, 4) is 0 Å². The predicted molar refractivity (Wildman–Crippen MR) is 64.4 cm³/mol. The molecule has 0 atom stereocenters. The summed E-state index contributed by atoms with van der Waals surface area (Å²) in [6.45, 7) is 10.8. The summed E-state index contributed by atoms with van der Waals surface area (Å²) in [6, 6.07) is 0. The van der Waals surface area contributed by atoms with Gasteiger partial charge in [0, 0.05) is 31.7 Å². The van der Waals surface area contributed by atoms with E-state index in [-0.39, 0.29) is 11.5 Å². The van der Waals surface area contributed by atoms with Crippen molar-refractivity contribution in [3.05, 3.63) is 0 Å². The zero-order valence-electron chi connectivity index (χ0n) is 11.0. The fourth-order valence-electron chi connectivity index (χ4n) is 2.09. The van der Waals surface area contributed by atoms with Gasteiger partial charge in [-0.1, -0.05) is 0 Å². The van der Waals surface area contributed by atoms with Crippen LogP contribution in [0.1, 0.15) is 27.2 Å². The minimum absolute atomic E-state index is 0.0898. The number of esters is 1. The lowest BCUT2D eigenvalue weighted by atomic mass is 9.97. The van der Waals surface area contributed by atoms with Gasteiger partial charge in [0.2, 0.25) is 0 Å². The van der Waals surface area contributed by atoms with Crippen molar-refractivity contribution in [1.82, 2.24) is 9.80 Å². The first-order valence-electron chi connectivity index (χ1n) is 6.05. The monoisotopic (exact) mass is 228 g/mol. The normalized spacial score (nSPS) is 19.8. The third kappa shape index (κ3) is 3.76. The zero-order chi connectivity index (χ0) is 12.2. The van der Waals surface area contributed by atoms with Gasteiger partial charge in [-0.3, -0.25) is 9.69 Å². The lowest BCUT2D eigenvalue weighted by Gasteiger charge is -2.42. The zero-order valence-corrected chi connectivity index (χ0v) is 11.0. The number of carbonyl (C=O) groups excluding carboxylic acids is 1. The van der Waals surface area contributed by atoms with Crippen LogP contribution in [0.4, 0.5) is 0 Å². The van der Waals surface area contributed by atoms with Gasteiger partial charge < -0.3 is 9.64 Å². The number of hydrogen-bond donors (Lipinski definition) is 0. The Morgan fingerprint density at radius 3 is 2.31 bits per heavy atom. The molecule has 1 fully saturated rings.